The molecule has 20 heavy (non-hydrogen) atoms. The first kappa shape index (κ1) is 13.5. The zero-order valence-corrected chi connectivity index (χ0v) is 12.2. The predicted molar refractivity (Wildman–Crippen MR) is 76.4 cm³/mol. The van der Waals surface area contributed by atoms with Crippen LogP contribution >= 0.6 is 11.3 Å². The third-order valence-electron chi connectivity index (χ3n) is 4.22. The lowest BCUT2D eigenvalue weighted by molar-refractivity contribution is -0.138. The summed E-state index contributed by atoms with van der Waals surface area (Å²) in [6.07, 6.45) is 6.57. The maximum absolute atomic E-state index is 12.8. The second-order valence-corrected chi connectivity index (χ2v) is 6.53. The molecule has 2 aliphatic rings. The summed E-state index contributed by atoms with van der Waals surface area (Å²) < 4.78 is 0. The maximum atomic E-state index is 12.8. The van der Waals surface area contributed by atoms with Gasteiger partial charge >= 0.3 is 0 Å². The standard InChI is InChI=1S/C14H19N3O2S/c18-11-3-8-17(9-4-12-15-7-10-20-12)13(19)14(16-11)5-1-2-6-14/h7,10H,1-6,8-9H2,(H,16,18). The molecule has 2 amide bonds. The molecule has 5 nitrogen and oxygen atoms in total. The number of rotatable bonds is 3. The molecular formula is C14H19N3O2S. The van der Waals surface area contributed by atoms with Gasteiger partial charge < -0.3 is 10.2 Å². The van der Waals surface area contributed by atoms with E-state index >= 15 is 0 Å². The first-order valence-corrected chi connectivity index (χ1v) is 8.06. The molecular weight excluding hydrogens is 274 g/mol. The van der Waals surface area contributed by atoms with Gasteiger partial charge in [-0.2, -0.15) is 0 Å². The Bertz CT molecular complexity index is 495. The second-order valence-electron chi connectivity index (χ2n) is 5.56. The first-order chi connectivity index (χ1) is 9.70. The van der Waals surface area contributed by atoms with E-state index in [-0.39, 0.29) is 11.8 Å². The Morgan fingerprint density at radius 2 is 2.15 bits per heavy atom. The lowest BCUT2D eigenvalue weighted by atomic mass is 9.96. The van der Waals surface area contributed by atoms with Crippen molar-refractivity contribution in [3.8, 4) is 0 Å². The van der Waals surface area contributed by atoms with Gasteiger partial charge in [0.05, 0.1) is 5.01 Å². The lowest BCUT2D eigenvalue weighted by Crippen LogP contribution is -2.55. The zero-order chi connectivity index (χ0) is 14.0. The minimum atomic E-state index is -0.615. The fourth-order valence-electron chi connectivity index (χ4n) is 3.16. The van der Waals surface area contributed by atoms with Crippen molar-refractivity contribution in [3.05, 3.63) is 16.6 Å². The normalized spacial score (nSPS) is 22.1. The van der Waals surface area contributed by atoms with Crippen molar-refractivity contribution in [3.63, 3.8) is 0 Å². The lowest BCUT2D eigenvalue weighted by Gasteiger charge is -2.31. The van der Waals surface area contributed by atoms with Gasteiger partial charge in [0, 0.05) is 37.5 Å². The van der Waals surface area contributed by atoms with Gasteiger partial charge in [-0.1, -0.05) is 12.8 Å². The van der Waals surface area contributed by atoms with E-state index in [1.807, 2.05) is 10.3 Å². The number of thiazole rings is 1. The highest BCUT2D eigenvalue weighted by Crippen LogP contribution is 2.33. The van der Waals surface area contributed by atoms with Gasteiger partial charge in [-0.3, -0.25) is 9.59 Å². The van der Waals surface area contributed by atoms with Crippen LogP contribution in [0.3, 0.4) is 0 Å². The molecule has 0 radical (unpaired) electrons. The summed E-state index contributed by atoms with van der Waals surface area (Å²) in [6, 6.07) is 0. The van der Waals surface area contributed by atoms with Crippen LogP contribution in [0.25, 0.3) is 0 Å². The molecule has 0 aromatic carbocycles. The predicted octanol–water partition coefficient (Wildman–Crippen LogP) is 1.35. The van der Waals surface area contributed by atoms with Gasteiger partial charge in [-0.05, 0) is 12.8 Å². The molecule has 1 aliphatic heterocycles. The van der Waals surface area contributed by atoms with E-state index in [0.29, 0.717) is 19.5 Å². The van der Waals surface area contributed by atoms with Crippen LogP contribution in [0.4, 0.5) is 0 Å². The number of carbonyl (C=O) groups is 2. The number of nitrogens with zero attached hydrogens (tertiary/aromatic N) is 2. The Morgan fingerprint density at radius 3 is 2.85 bits per heavy atom. The molecule has 0 unspecified atom stereocenters. The Morgan fingerprint density at radius 1 is 1.35 bits per heavy atom. The van der Waals surface area contributed by atoms with Crippen molar-refractivity contribution in [1.29, 1.82) is 0 Å². The van der Waals surface area contributed by atoms with E-state index in [2.05, 4.69) is 10.3 Å². The van der Waals surface area contributed by atoms with Crippen molar-refractivity contribution >= 4 is 23.2 Å². The Balaban J connectivity index is 1.72. The van der Waals surface area contributed by atoms with Crippen molar-refractivity contribution < 1.29 is 9.59 Å². The highest BCUT2D eigenvalue weighted by Gasteiger charge is 2.46. The van der Waals surface area contributed by atoms with Crippen molar-refractivity contribution in [2.75, 3.05) is 13.1 Å². The van der Waals surface area contributed by atoms with Gasteiger partial charge in [0.2, 0.25) is 11.8 Å². The van der Waals surface area contributed by atoms with Crippen LogP contribution in [-0.2, 0) is 16.0 Å². The molecule has 0 atom stereocenters. The molecule has 1 aromatic rings. The molecule has 6 heteroatoms. The van der Waals surface area contributed by atoms with Crippen LogP contribution < -0.4 is 5.32 Å². The minimum Gasteiger partial charge on any atom is -0.342 e. The molecule has 1 aliphatic carbocycles. The van der Waals surface area contributed by atoms with E-state index in [9.17, 15) is 9.59 Å². The van der Waals surface area contributed by atoms with E-state index in [1.165, 1.54) is 0 Å². The summed E-state index contributed by atoms with van der Waals surface area (Å²) >= 11 is 1.61. The third-order valence-corrected chi connectivity index (χ3v) is 5.06. The van der Waals surface area contributed by atoms with Gasteiger partial charge in [0.25, 0.3) is 0 Å². The van der Waals surface area contributed by atoms with Gasteiger partial charge in [-0.25, -0.2) is 4.98 Å². The van der Waals surface area contributed by atoms with E-state index in [4.69, 9.17) is 0 Å². The van der Waals surface area contributed by atoms with E-state index in [0.717, 1.165) is 37.1 Å². The SMILES string of the molecule is O=C1CCN(CCc2nccs2)C(=O)C2(CCCC2)N1. The highest BCUT2D eigenvalue weighted by atomic mass is 32.1. The summed E-state index contributed by atoms with van der Waals surface area (Å²) in [5.41, 5.74) is -0.615. The quantitative estimate of drug-likeness (QED) is 0.915. The van der Waals surface area contributed by atoms with Crippen molar-refractivity contribution in [1.82, 2.24) is 15.2 Å². The topological polar surface area (TPSA) is 62.3 Å². The molecule has 1 saturated heterocycles. The summed E-state index contributed by atoms with van der Waals surface area (Å²) in [4.78, 5) is 30.7. The summed E-state index contributed by atoms with van der Waals surface area (Å²) in [7, 11) is 0. The summed E-state index contributed by atoms with van der Waals surface area (Å²) in [6.45, 7) is 1.18. The molecule has 3 rings (SSSR count). The smallest absolute Gasteiger partial charge is 0.248 e. The summed E-state index contributed by atoms with van der Waals surface area (Å²) in [5, 5.41) is 5.97. The number of carbonyl (C=O) groups excluding carboxylic acids is 2. The number of amides is 2. The number of hydrogen-bond donors (Lipinski definition) is 1. The number of aromatic nitrogens is 1. The van der Waals surface area contributed by atoms with Crippen LogP contribution in [0.2, 0.25) is 0 Å². The molecule has 1 spiro atoms. The molecule has 1 saturated carbocycles. The van der Waals surface area contributed by atoms with Crippen LogP contribution in [0.5, 0.6) is 0 Å². The second kappa shape index (κ2) is 5.52. The third kappa shape index (κ3) is 2.57. The largest absolute Gasteiger partial charge is 0.342 e. The fourth-order valence-corrected chi connectivity index (χ4v) is 3.77. The van der Waals surface area contributed by atoms with Gasteiger partial charge in [-0.15, -0.1) is 11.3 Å². The Hall–Kier alpha value is -1.43. The molecule has 108 valence electrons. The Labute approximate surface area is 122 Å². The molecule has 1 N–H and O–H groups in total. The highest BCUT2D eigenvalue weighted by molar-refractivity contribution is 7.09. The van der Waals surface area contributed by atoms with Crippen molar-refractivity contribution in [2.45, 2.75) is 44.1 Å². The van der Waals surface area contributed by atoms with Gasteiger partial charge in [0.1, 0.15) is 5.54 Å². The molecule has 2 heterocycles. The molecule has 2 fully saturated rings. The average molecular weight is 293 g/mol. The molecule has 1 aromatic heterocycles. The average Bonchev–Trinajstić information content (AvgIpc) is 3.07. The van der Waals surface area contributed by atoms with Gasteiger partial charge in [0.15, 0.2) is 0 Å². The zero-order valence-electron chi connectivity index (χ0n) is 11.4. The first-order valence-electron chi connectivity index (χ1n) is 7.18. The van der Waals surface area contributed by atoms with E-state index < -0.39 is 5.54 Å². The summed E-state index contributed by atoms with van der Waals surface area (Å²) in [5.74, 6) is 0.120. The Kier molecular flexibility index (Phi) is 3.74. The van der Waals surface area contributed by atoms with Crippen LogP contribution in [0.15, 0.2) is 11.6 Å². The van der Waals surface area contributed by atoms with E-state index in [1.54, 1.807) is 17.5 Å². The number of nitrogens with one attached hydrogen (secondary N) is 1. The van der Waals surface area contributed by atoms with Crippen molar-refractivity contribution in [2.24, 2.45) is 0 Å². The maximum Gasteiger partial charge on any atom is 0.248 e. The van der Waals surface area contributed by atoms with Crippen LogP contribution in [0.1, 0.15) is 37.1 Å². The van der Waals surface area contributed by atoms with Crippen LogP contribution in [-0.4, -0.2) is 40.3 Å². The minimum absolute atomic E-state index is 0.0111. The van der Waals surface area contributed by atoms with Crippen LogP contribution in [0, 0.1) is 0 Å². The fraction of sp³-hybridized carbons (Fsp3) is 0.643. The number of hydrogen-bond acceptors (Lipinski definition) is 4. The molecule has 0 bridgehead atoms. The monoisotopic (exact) mass is 293 g/mol.